The highest BCUT2D eigenvalue weighted by Gasteiger charge is 2.13. The fourth-order valence-electron chi connectivity index (χ4n) is 3.00. The van der Waals surface area contributed by atoms with Crippen molar-refractivity contribution >= 4 is 40.2 Å². The second kappa shape index (κ2) is 8.11. The smallest absolute Gasteiger partial charge is 0.353 e. The Bertz CT molecular complexity index is 1140. The summed E-state index contributed by atoms with van der Waals surface area (Å²) < 4.78 is 10.9. The molecule has 0 unspecified atom stereocenters. The van der Waals surface area contributed by atoms with E-state index in [1.165, 1.54) is 22.1 Å². The first-order valence-electron chi connectivity index (χ1n) is 8.84. The molecule has 0 atom stereocenters. The van der Waals surface area contributed by atoms with Crippen molar-refractivity contribution in [2.45, 2.75) is 0 Å². The summed E-state index contributed by atoms with van der Waals surface area (Å²) in [5, 5.41) is 4.25. The molecular weight excluding hydrogens is 368 g/mol. The fourth-order valence-corrected chi connectivity index (χ4v) is 3.60. The van der Waals surface area contributed by atoms with E-state index in [1.807, 2.05) is 41.8 Å². The Morgan fingerprint density at radius 2 is 1.75 bits per heavy atom. The summed E-state index contributed by atoms with van der Waals surface area (Å²) in [5.41, 5.74) is 2.10. The van der Waals surface area contributed by atoms with Gasteiger partial charge in [-0.25, -0.2) is 4.79 Å². The number of thiophene rings is 1. The zero-order valence-electron chi connectivity index (χ0n) is 15.3. The normalized spacial score (nSPS) is 11.0. The predicted octanol–water partition coefficient (Wildman–Crippen LogP) is 6.30. The maximum atomic E-state index is 12.2. The SMILES string of the molecule is COc1cc(C=Cc2cccc3ccccc23)ccc1OC(=O)c1cccs1. The van der Waals surface area contributed by atoms with Gasteiger partial charge in [0.1, 0.15) is 4.88 Å². The van der Waals surface area contributed by atoms with E-state index in [9.17, 15) is 4.79 Å². The third-order valence-electron chi connectivity index (χ3n) is 4.39. The molecule has 0 fully saturated rings. The molecule has 4 heteroatoms. The lowest BCUT2D eigenvalue weighted by molar-refractivity contribution is 0.0735. The third-order valence-corrected chi connectivity index (χ3v) is 5.24. The number of ether oxygens (including phenoxy) is 2. The lowest BCUT2D eigenvalue weighted by Crippen LogP contribution is -2.07. The van der Waals surface area contributed by atoms with E-state index in [-0.39, 0.29) is 5.97 Å². The summed E-state index contributed by atoms with van der Waals surface area (Å²) in [6, 6.07) is 23.6. The van der Waals surface area contributed by atoms with Crippen LogP contribution >= 0.6 is 11.3 Å². The predicted molar refractivity (Wildman–Crippen MR) is 115 cm³/mol. The summed E-state index contributed by atoms with van der Waals surface area (Å²) in [5.74, 6) is 0.542. The van der Waals surface area contributed by atoms with Crippen LogP contribution in [0.2, 0.25) is 0 Å². The summed E-state index contributed by atoms with van der Waals surface area (Å²) in [7, 11) is 1.57. The van der Waals surface area contributed by atoms with Crippen LogP contribution in [0.1, 0.15) is 20.8 Å². The molecule has 0 saturated heterocycles. The molecule has 0 spiro atoms. The highest BCUT2D eigenvalue weighted by Crippen LogP contribution is 2.30. The Morgan fingerprint density at radius 3 is 2.57 bits per heavy atom. The molecule has 0 bridgehead atoms. The first-order chi connectivity index (χ1) is 13.7. The lowest BCUT2D eigenvalue weighted by Gasteiger charge is -2.09. The number of hydrogen-bond acceptors (Lipinski definition) is 4. The average molecular weight is 386 g/mol. The molecular formula is C24H18O3S. The van der Waals surface area contributed by atoms with Crippen molar-refractivity contribution in [1.29, 1.82) is 0 Å². The Balaban J connectivity index is 1.59. The van der Waals surface area contributed by atoms with Crippen molar-refractivity contribution < 1.29 is 14.3 Å². The molecule has 0 aliphatic rings. The number of hydrogen-bond donors (Lipinski definition) is 0. The van der Waals surface area contributed by atoms with E-state index in [1.54, 1.807) is 19.2 Å². The summed E-state index contributed by atoms with van der Waals surface area (Å²) in [6.07, 6.45) is 4.10. The molecule has 0 amide bonds. The van der Waals surface area contributed by atoms with Gasteiger partial charge in [-0.05, 0) is 45.5 Å². The molecule has 0 saturated carbocycles. The number of carbonyl (C=O) groups is 1. The fraction of sp³-hybridized carbons (Fsp3) is 0.0417. The number of rotatable bonds is 5. The Labute approximate surface area is 167 Å². The summed E-state index contributed by atoms with van der Waals surface area (Å²) >= 11 is 1.35. The lowest BCUT2D eigenvalue weighted by atomic mass is 10.0. The molecule has 28 heavy (non-hydrogen) atoms. The van der Waals surface area contributed by atoms with Crippen LogP contribution in [0.25, 0.3) is 22.9 Å². The molecule has 4 rings (SSSR count). The maximum absolute atomic E-state index is 12.2. The van der Waals surface area contributed by atoms with Crippen LogP contribution in [0.4, 0.5) is 0 Å². The molecule has 0 aliphatic heterocycles. The first kappa shape index (κ1) is 18.0. The highest BCUT2D eigenvalue weighted by molar-refractivity contribution is 7.12. The zero-order valence-corrected chi connectivity index (χ0v) is 16.1. The topological polar surface area (TPSA) is 35.5 Å². The quantitative estimate of drug-likeness (QED) is 0.229. The van der Waals surface area contributed by atoms with Crippen molar-refractivity contribution in [1.82, 2.24) is 0 Å². The minimum Gasteiger partial charge on any atom is -0.493 e. The van der Waals surface area contributed by atoms with Crippen LogP contribution < -0.4 is 9.47 Å². The first-order valence-corrected chi connectivity index (χ1v) is 9.72. The van der Waals surface area contributed by atoms with Gasteiger partial charge in [-0.2, -0.15) is 0 Å². The molecule has 1 aromatic heterocycles. The number of esters is 1. The number of carbonyl (C=O) groups excluding carboxylic acids is 1. The summed E-state index contributed by atoms with van der Waals surface area (Å²) in [6.45, 7) is 0. The standard InChI is InChI=1S/C24H18O3S/c1-26-22-16-17(12-14-21(22)27-24(25)23-10-5-15-28-23)11-13-19-8-4-7-18-6-2-3-9-20(18)19/h2-16H,1H3. The van der Waals surface area contributed by atoms with Crippen molar-refractivity contribution in [2.75, 3.05) is 7.11 Å². The van der Waals surface area contributed by atoms with Crippen LogP contribution in [0.5, 0.6) is 11.5 Å². The van der Waals surface area contributed by atoms with E-state index >= 15 is 0 Å². The largest absolute Gasteiger partial charge is 0.493 e. The monoisotopic (exact) mass is 386 g/mol. The van der Waals surface area contributed by atoms with E-state index in [2.05, 4.69) is 36.4 Å². The molecule has 0 aliphatic carbocycles. The van der Waals surface area contributed by atoms with Crippen LogP contribution in [-0.4, -0.2) is 13.1 Å². The molecule has 138 valence electrons. The zero-order chi connectivity index (χ0) is 19.3. The Kier molecular flexibility index (Phi) is 5.22. The van der Waals surface area contributed by atoms with Crippen LogP contribution in [0.15, 0.2) is 78.2 Å². The number of methoxy groups -OCH3 is 1. The highest BCUT2D eigenvalue weighted by atomic mass is 32.1. The third kappa shape index (κ3) is 3.82. The van der Waals surface area contributed by atoms with Crippen LogP contribution in [0, 0.1) is 0 Å². The molecule has 0 radical (unpaired) electrons. The van der Waals surface area contributed by atoms with Gasteiger partial charge in [-0.1, -0.05) is 66.7 Å². The average Bonchev–Trinajstić information content (AvgIpc) is 3.28. The molecule has 4 aromatic rings. The van der Waals surface area contributed by atoms with Gasteiger partial charge in [-0.3, -0.25) is 0 Å². The minimum atomic E-state index is -0.382. The number of benzene rings is 3. The van der Waals surface area contributed by atoms with Crippen molar-refractivity contribution in [3.63, 3.8) is 0 Å². The van der Waals surface area contributed by atoms with E-state index in [4.69, 9.17) is 9.47 Å². The maximum Gasteiger partial charge on any atom is 0.353 e. The van der Waals surface area contributed by atoms with Crippen molar-refractivity contribution in [2.24, 2.45) is 0 Å². The van der Waals surface area contributed by atoms with Gasteiger partial charge in [-0.15, -0.1) is 11.3 Å². The van der Waals surface area contributed by atoms with Crippen LogP contribution in [0.3, 0.4) is 0 Å². The van der Waals surface area contributed by atoms with Gasteiger partial charge in [0.15, 0.2) is 11.5 Å². The van der Waals surface area contributed by atoms with Crippen LogP contribution in [-0.2, 0) is 0 Å². The van der Waals surface area contributed by atoms with E-state index in [0.717, 1.165) is 11.1 Å². The molecule has 0 N–H and O–H groups in total. The van der Waals surface area contributed by atoms with Gasteiger partial charge in [0.05, 0.1) is 7.11 Å². The second-order valence-electron chi connectivity index (χ2n) is 6.18. The minimum absolute atomic E-state index is 0.382. The molecule has 1 heterocycles. The molecule has 3 aromatic carbocycles. The Morgan fingerprint density at radius 1 is 0.893 bits per heavy atom. The molecule has 3 nitrogen and oxygen atoms in total. The Hall–Kier alpha value is -3.37. The van der Waals surface area contributed by atoms with E-state index in [0.29, 0.717) is 16.4 Å². The van der Waals surface area contributed by atoms with Crippen molar-refractivity contribution in [3.8, 4) is 11.5 Å². The van der Waals surface area contributed by atoms with Gasteiger partial charge in [0, 0.05) is 0 Å². The number of fused-ring (bicyclic) bond motifs is 1. The van der Waals surface area contributed by atoms with Crippen molar-refractivity contribution in [3.05, 3.63) is 94.2 Å². The van der Waals surface area contributed by atoms with Gasteiger partial charge in [0.2, 0.25) is 0 Å². The second-order valence-corrected chi connectivity index (χ2v) is 7.13. The van der Waals surface area contributed by atoms with E-state index < -0.39 is 0 Å². The summed E-state index contributed by atoms with van der Waals surface area (Å²) in [4.78, 5) is 12.7. The van der Waals surface area contributed by atoms with Gasteiger partial charge >= 0.3 is 5.97 Å². The van der Waals surface area contributed by atoms with Gasteiger partial charge < -0.3 is 9.47 Å². The van der Waals surface area contributed by atoms with Gasteiger partial charge in [0.25, 0.3) is 0 Å².